The van der Waals surface area contributed by atoms with Gasteiger partial charge in [-0.1, -0.05) is 17.7 Å². The Balaban J connectivity index is 1.68. The smallest absolute Gasteiger partial charge is 0.229 e. The summed E-state index contributed by atoms with van der Waals surface area (Å²) < 4.78 is 5.42. The van der Waals surface area contributed by atoms with Gasteiger partial charge >= 0.3 is 0 Å². The molecular formula is C20H21ClN2O3. The van der Waals surface area contributed by atoms with E-state index in [1.807, 2.05) is 38.1 Å². The van der Waals surface area contributed by atoms with Gasteiger partial charge in [-0.25, -0.2) is 0 Å². The molecule has 1 aliphatic rings. The SMILES string of the molecule is CCOc1ccc(N2C[C@H](C(=O)Nc3cccc(Cl)c3C)CC2=O)cc1. The fourth-order valence-corrected chi connectivity index (χ4v) is 3.17. The summed E-state index contributed by atoms with van der Waals surface area (Å²) in [5.41, 5.74) is 2.26. The summed E-state index contributed by atoms with van der Waals surface area (Å²) in [6, 6.07) is 12.7. The molecular weight excluding hydrogens is 352 g/mol. The summed E-state index contributed by atoms with van der Waals surface area (Å²) in [7, 11) is 0. The number of rotatable bonds is 5. The Kier molecular flexibility index (Phi) is 5.47. The lowest BCUT2D eigenvalue weighted by molar-refractivity contribution is -0.122. The van der Waals surface area contributed by atoms with E-state index in [0.717, 1.165) is 17.0 Å². The van der Waals surface area contributed by atoms with Crippen molar-refractivity contribution in [2.45, 2.75) is 20.3 Å². The number of carbonyl (C=O) groups is 2. The van der Waals surface area contributed by atoms with E-state index < -0.39 is 5.92 Å². The number of hydrogen-bond acceptors (Lipinski definition) is 3. The molecule has 5 nitrogen and oxygen atoms in total. The second-order valence-corrected chi connectivity index (χ2v) is 6.64. The quantitative estimate of drug-likeness (QED) is 0.861. The number of hydrogen-bond donors (Lipinski definition) is 1. The maximum absolute atomic E-state index is 12.6. The van der Waals surface area contributed by atoms with E-state index in [-0.39, 0.29) is 18.2 Å². The summed E-state index contributed by atoms with van der Waals surface area (Å²) in [6.45, 7) is 4.72. The molecule has 6 heteroatoms. The van der Waals surface area contributed by atoms with Crippen LogP contribution in [0, 0.1) is 12.8 Å². The van der Waals surface area contributed by atoms with Crippen molar-refractivity contribution < 1.29 is 14.3 Å². The minimum atomic E-state index is -0.396. The van der Waals surface area contributed by atoms with Gasteiger partial charge in [0.25, 0.3) is 0 Å². The second kappa shape index (κ2) is 7.79. The Morgan fingerprint density at radius 3 is 2.69 bits per heavy atom. The van der Waals surface area contributed by atoms with Crippen molar-refractivity contribution in [2.75, 3.05) is 23.4 Å². The highest BCUT2D eigenvalue weighted by Crippen LogP contribution is 2.29. The van der Waals surface area contributed by atoms with Gasteiger partial charge in [-0.3, -0.25) is 9.59 Å². The highest BCUT2D eigenvalue weighted by Gasteiger charge is 2.35. The summed E-state index contributed by atoms with van der Waals surface area (Å²) in [6.07, 6.45) is 0.193. The number of halogens is 1. The zero-order chi connectivity index (χ0) is 18.7. The first-order valence-corrected chi connectivity index (χ1v) is 8.96. The number of benzene rings is 2. The highest BCUT2D eigenvalue weighted by atomic mass is 35.5. The van der Waals surface area contributed by atoms with E-state index in [2.05, 4.69) is 5.32 Å². The first kappa shape index (κ1) is 18.3. The number of nitrogens with zero attached hydrogens (tertiary/aromatic N) is 1. The number of anilines is 2. The van der Waals surface area contributed by atoms with Gasteiger partial charge in [0, 0.05) is 29.4 Å². The standard InChI is InChI=1S/C20H21ClN2O3/c1-3-26-16-9-7-15(8-10-16)23-12-14(11-19(23)24)20(25)22-18-6-4-5-17(21)13(18)2/h4-10,14H,3,11-12H2,1-2H3,(H,22,25)/t14-/m1/s1. The van der Waals surface area contributed by atoms with Crippen molar-refractivity contribution in [2.24, 2.45) is 5.92 Å². The van der Waals surface area contributed by atoms with Gasteiger partial charge < -0.3 is 15.0 Å². The third kappa shape index (κ3) is 3.83. The van der Waals surface area contributed by atoms with Crippen LogP contribution in [0.5, 0.6) is 5.75 Å². The fraction of sp³-hybridized carbons (Fsp3) is 0.300. The van der Waals surface area contributed by atoms with Crippen LogP contribution in [0.15, 0.2) is 42.5 Å². The van der Waals surface area contributed by atoms with E-state index >= 15 is 0 Å². The van der Waals surface area contributed by atoms with E-state index in [9.17, 15) is 9.59 Å². The van der Waals surface area contributed by atoms with Gasteiger partial charge in [0.2, 0.25) is 11.8 Å². The van der Waals surface area contributed by atoms with E-state index in [0.29, 0.717) is 23.9 Å². The van der Waals surface area contributed by atoms with Crippen LogP contribution in [0.3, 0.4) is 0 Å². The molecule has 3 rings (SSSR count). The summed E-state index contributed by atoms with van der Waals surface area (Å²) >= 11 is 6.09. The van der Waals surface area contributed by atoms with Crippen LogP contribution in [0.25, 0.3) is 0 Å². The second-order valence-electron chi connectivity index (χ2n) is 6.23. The lowest BCUT2D eigenvalue weighted by Gasteiger charge is -2.17. The van der Waals surface area contributed by atoms with Crippen molar-refractivity contribution in [1.82, 2.24) is 0 Å². The molecule has 1 saturated heterocycles. The zero-order valence-corrected chi connectivity index (χ0v) is 15.5. The first-order chi connectivity index (χ1) is 12.5. The predicted octanol–water partition coefficient (Wildman–Crippen LogP) is 4.04. The molecule has 2 aromatic rings. The van der Waals surface area contributed by atoms with Gasteiger partial charge in [0.1, 0.15) is 5.75 Å². The van der Waals surface area contributed by atoms with E-state index in [1.54, 1.807) is 23.1 Å². The average Bonchev–Trinajstić information content (AvgIpc) is 3.02. The predicted molar refractivity (Wildman–Crippen MR) is 103 cm³/mol. The third-order valence-electron chi connectivity index (χ3n) is 4.48. The molecule has 0 radical (unpaired) electrons. The molecule has 1 N–H and O–H groups in total. The maximum Gasteiger partial charge on any atom is 0.229 e. The normalized spacial score (nSPS) is 16.7. The molecule has 1 aliphatic heterocycles. The molecule has 0 spiro atoms. The Bertz CT molecular complexity index is 820. The highest BCUT2D eigenvalue weighted by molar-refractivity contribution is 6.31. The van der Waals surface area contributed by atoms with E-state index in [4.69, 9.17) is 16.3 Å². The largest absolute Gasteiger partial charge is 0.494 e. The van der Waals surface area contributed by atoms with Gasteiger partial charge in [0.05, 0.1) is 12.5 Å². The Morgan fingerprint density at radius 2 is 2.00 bits per heavy atom. The zero-order valence-electron chi connectivity index (χ0n) is 14.8. The Labute approximate surface area is 157 Å². The average molecular weight is 373 g/mol. The van der Waals surface area contributed by atoms with Crippen molar-refractivity contribution in [3.05, 3.63) is 53.1 Å². The molecule has 1 fully saturated rings. The summed E-state index contributed by atoms with van der Waals surface area (Å²) in [5.74, 6) is 0.135. The van der Waals surface area contributed by atoms with Gasteiger partial charge in [0.15, 0.2) is 0 Å². The van der Waals surface area contributed by atoms with Crippen LogP contribution in [-0.2, 0) is 9.59 Å². The molecule has 0 aliphatic carbocycles. The third-order valence-corrected chi connectivity index (χ3v) is 4.89. The lowest BCUT2D eigenvalue weighted by atomic mass is 10.1. The van der Waals surface area contributed by atoms with Crippen LogP contribution in [0.2, 0.25) is 5.02 Å². The minimum Gasteiger partial charge on any atom is -0.494 e. The molecule has 136 valence electrons. The van der Waals surface area contributed by atoms with E-state index in [1.165, 1.54) is 0 Å². The minimum absolute atomic E-state index is 0.0582. The molecule has 26 heavy (non-hydrogen) atoms. The first-order valence-electron chi connectivity index (χ1n) is 8.58. The van der Waals surface area contributed by atoms with Gasteiger partial charge in [-0.15, -0.1) is 0 Å². The van der Waals surface area contributed by atoms with Gasteiger partial charge in [-0.05, 0) is 55.8 Å². The Hall–Kier alpha value is -2.53. The number of amides is 2. The molecule has 2 amide bonds. The van der Waals surface area contributed by atoms with Crippen LogP contribution < -0.4 is 15.0 Å². The van der Waals surface area contributed by atoms with Crippen LogP contribution in [0.1, 0.15) is 18.9 Å². The molecule has 2 aromatic carbocycles. The molecule has 0 unspecified atom stereocenters. The maximum atomic E-state index is 12.6. The van der Waals surface area contributed by atoms with Crippen molar-refractivity contribution in [3.8, 4) is 5.75 Å². The molecule has 0 saturated carbocycles. The monoisotopic (exact) mass is 372 g/mol. The summed E-state index contributed by atoms with van der Waals surface area (Å²) in [4.78, 5) is 26.6. The number of carbonyl (C=O) groups excluding carboxylic acids is 2. The topological polar surface area (TPSA) is 58.6 Å². The van der Waals surface area contributed by atoms with Crippen molar-refractivity contribution >= 4 is 34.8 Å². The Morgan fingerprint density at radius 1 is 1.27 bits per heavy atom. The van der Waals surface area contributed by atoms with Crippen LogP contribution >= 0.6 is 11.6 Å². The molecule has 1 heterocycles. The fourth-order valence-electron chi connectivity index (χ4n) is 3.00. The molecule has 0 aromatic heterocycles. The lowest BCUT2D eigenvalue weighted by Crippen LogP contribution is -2.28. The number of ether oxygens (including phenoxy) is 1. The van der Waals surface area contributed by atoms with Crippen LogP contribution in [-0.4, -0.2) is 25.0 Å². The summed E-state index contributed by atoms with van der Waals surface area (Å²) in [5, 5.41) is 3.49. The molecule has 0 bridgehead atoms. The van der Waals surface area contributed by atoms with Gasteiger partial charge in [-0.2, -0.15) is 0 Å². The van der Waals surface area contributed by atoms with Crippen molar-refractivity contribution in [1.29, 1.82) is 0 Å². The van der Waals surface area contributed by atoms with Crippen LogP contribution in [0.4, 0.5) is 11.4 Å². The number of nitrogens with one attached hydrogen (secondary N) is 1. The molecule has 1 atom stereocenters. The van der Waals surface area contributed by atoms with Crippen molar-refractivity contribution in [3.63, 3.8) is 0 Å².